The Hall–Kier alpha value is -2.37. The van der Waals surface area contributed by atoms with Crippen LogP contribution in [0.2, 0.25) is 0 Å². The molecule has 0 fully saturated rings. The molecule has 0 spiro atoms. The van der Waals surface area contributed by atoms with E-state index in [0.717, 1.165) is 42.1 Å². The fourth-order valence-electron chi connectivity index (χ4n) is 3.74. The van der Waals surface area contributed by atoms with Crippen LogP contribution in [0.15, 0.2) is 24.3 Å². The van der Waals surface area contributed by atoms with E-state index in [9.17, 15) is 10.1 Å². The summed E-state index contributed by atoms with van der Waals surface area (Å²) in [5.41, 5.74) is 3.06. The lowest BCUT2D eigenvalue weighted by atomic mass is 10.0. The summed E-state index contributed by atoms with van der Waals surface area (Å²) in [6.07, 6.45) is 13.5. The van der Waals surface area contributed by atoms with Crippen molar-refractivity contribution in [3.8, 4) is 11.6 Å². The SMILES string of the molecule is CCCCCCCCCCCc1nn(-c2ccc([N+](=O)[O-])cc2)c(OC)c1CC. The molecular formula is C23H35N3O3. The number of unbranched alkanes of at least 4 members (excludes halogenated alkanes) is 8. The van der Waals surface area contributed by atoms with E-state index < -0.39 is 4.92 Å². The molecule has 0 atom stereocenters. The van der Waals surface area contributed by atoms with Gasteiger partial charge in [-0.05, 0) is 31.4 Å². The van der Waals surface area contributed by atoms with Crippen LogP contribution in [0.5, 0.6) is 5.88 Å². The molecule has 0 unspecified atom stereocenters. The number of rotatable bonds is 14. The minimum absolute atomic E-state index is 0.0745. The Bertz CT molecular complexity index is 753. The van der Waals surface area contributed by atoms with E-state index >= 15 is 0 Å². The molecule has 1 heterocycles. The third-order valence-corrected chi connectivity index (χ3v) is 5.39. The third-order valence-electron chi connectivity index (χ3n) is 5.39. The second kappa shape index (κ2) is 12.2. The van der Waals surface area contributed by atoms with Gasteiger partial charge in [0.2, 0.25) is 5.88 Å². The molecule has 6 heteroatoms. The van der Waals surface area contributed by atoms with Crippen molar-refractivity contribution in [2.24, 2.45) is 0 Å². The van der Waals surface area contributed by atoms with Crippen LogP contribution < -0.4 is 4.74 Å². The zero-order valence-electron chi connectivity index (χ0n) is 18.2. The summed E-state index contributed by atoms with van der Waals surface area (Å²) in [6, 6.07) is 6.44. The molecular weight excluding hydrogens is 366 g/mol. The lowest BCUT2D eigenvalue weighted by Gasteiger charge is -2.07. The van der Waals surface area contributed by atoms with Gasteiger partial charge in [-0.1, -0.05) is 65.2 Å². The Labute approximate surface area is 174 Å². The topological polar surface area (TPSA) is 70.2 Å². The standard InChI is InChI=1S/C23H35N3O3/c1-4-6-7-8-9-10-11-12-13-14-22-21(5-2)23(29-3)25(24-22)19-15-17-20(18-16-19)26(27)28/h15-18H,4-14H2,1-3H3. The molecule has 0 aliphatic carbocycles. The first-order chi connectivity index (χ1) is 14.1. The van der Waals surface area contributed by atoms with Gasteiger partial charge in [0, 0.05) is 17.7 Å². The maximum Gasteiger partial charge on any atom is 0.269 e. The van der Waals surface area contributed by atoms with Crippen molar-refractivity contribution in [3.63, 3.8) is 0 Å². The van der Waals surface area contributed by atoms with Crippen molar-refractivity contribution in [2.75, 3.05) is 7.11 Å². The molecule has 0 aliphatic rings. The predicted octanol–water partition coefficient (Wildman–Crippen LogP) is 6.42. The van der Waals surface area contributed by atoms with Gasteiger partial charge in [0.15, 0.2) is 0 Å². The maximum absolute atomic E-state index is 10.9. The van der Waals surface area contributed by atoms with Crippen molar-refractivity contribution in [1.82, 2.24) is 9.78 Å². The number of methoxy groups -OCH3 is 1. The third kappa shape index (κ3) is 6.58. The van der Waals surface area contributed by atoms with Gasteiger partial charge in [0.25, 0.3) is 5.69 Å². The van der Waals surface area contributed by atoms with Gasteiger partial charge in [0.1, 0.15) is 0 Å². The fourth-order valence-corrected chi connectivity index (χ4v) is 3.74. The van der Waals surface area contributed by atoms with Crippen LogP contribution in [0.25, 0.3) is 5.69 Å². The Morgan fingerprint density at radius 3 is 2.07 bits per heavy atom. The fraction of sp³-hybridized carbons (Fsp3) is 0.609. The number of nitro benzene ring substituents is 1. The van der Waals surface area contributed by atoms with Crippen LogP contribution >= 0.6 is 0 Å². The number of ether oxygens (including phenoxy) is 1. The van der Waals surface area contributed by atoms with Gasteiger partial charge in [0.05, 0.1) is 23.4 Å². The van der Waals surface area contributed by atoms with Crippen LogP contribution in [-0.2, 0) is 12.8 Å². The second-order valence-electron chi connectivity index (χ2n) is 7.55. The molecule has 0 amide bonds. The molecule has 160 valence electrons. The summed E-state index contributed by atoms with van der Waals surface area (Å²) in [5.74, 6) is 0.729. The van der Waals surface area contributed by atoms with E-state index in [1.807, 2.05) is 0 Å². The zero-order chi connectivity index (χ0) is 21.1. The molecule has 1 aromatic heterocycles. The maximum atomic E-state index is 10.9. The van der Waals surface area contributed by atoms with Gasteiger partial charge < -0.3 is 4.74 Å². The molecule has 6 nitrogen and oxygen atoms in total. The van der Waals surface area contributed by atoms with E-state index in [4.69, 9.17) is 9.84 Å². The van der Waals surface area contributed by atoms with E-state index in [1.165, 1.54) is 63.5 Å². The monoisotopic (exact) mass is 401 g/mol. The van der Waals surface area contributed by atoms with Crippen LogP contribution in [0, 0.1) is 10.1 Å². The number of nitrogens with zero attached hydrogens (tertiary/aromatic N) is 3. The van der Waals surface area contributed by atoms with E-state index in [-0.39, 0.29) is 5.69 Å². The number of aromatic nitrogens is 2. The molecule has 0 aliphatic heterocycles. The second-order valence-corrected chi connectivity index (χ2v) is 7.55. The molecule has 29 heavy (non-hydrogen) atoms. The molecule has 2 rings (SSSR count). The summed E-state index contributed by atoms with van der Waals surface area (Å²) in [6.45, 7) is 4.36. The summed E-state index contributed by atoms with van der Waals surface area (Å²) in [5, 5.41) is 15.7. The van der Waals surface area contributed by atoms with E-state index in [2.05, 4.69) is 13.8 Å². The molecule has 0 saturated heterocycles. The van der Waals surface area contributed by atoms with E-state index in [1.54, 1.807) is 23.9 Å². The smallest absolute Gasteiger partial charge is 0.269 e. The highest BCUT2D eigenvalue weighted by atomic mass is 16.6. The van der Waals surface area contributed by atoms with Crippen molar-refractivity contribution in [1.29, 1.82) is 0 Å². The van der Waals surface area contributed by atoms with Crippen LogP contribution in [0.1, 0.15) is 82.9 Å². The van der Waals surface area contributed by atoms with Crippen LogP contribution in [-0.4, -0.2) is 21.8 Å². The normalized spacial score (nSPS) is 11.0. The lowest BCUT2D eigenvalue weighted by Crippen LogP contribution is -2.01. The number of benzene rings is 1. The van der Waals surface area contributed by atoms with Gasteiger partial charge in [-0.2, -0.15) is 5.10 Å². The molecule has 2 aromatic rings. The summed E-state index contributed by atoms with van der Waals surface area (Å²) < 4.78 is 7.41. The number of nitro groups is 1. The molecule has 1 aromatic carbocycles. The van der Waals surface area contributed by atoms with Gasteiger partial charge in [-0.25, -0.2) is 4.68 Å². The van der Waals surface area contributed by atoms with E-state index in [0.29, 0.717) is 0 Å². The van der Waals surface area contributed by atoms with Gasteiger partial charge in [-0.15, -0.1) is 0 Å². The predicted molar refractivity (Wildman–Crippen MR) is 117 cm³/mol. The first kappa shape index (κ1) is 22.9. The number of hydrogen-bond donors (Lipinski definition) is 0. The Kier molecular flexibility index (Phi) is 9.68. The van der Waals surface area contributed by atoms with Crippen molar-refractivity contribution < 1.29 is 9.66 Å². The number of hydrogen-bond acceptors (Lipinski definition) is 4. The average Bonchev–Trinajstić information content (AvgIpc) is 3.10. The Morgan fingerprint density at radius 1 is 0.966 bits per heavy atom. The zero-order valence-corrected chi connectivity index (χ0v) is 18.2. The summed E-state index contributed by atoms with van der Waals surface area (Å²) >= 11 is 0. The van der Waals surface area contributed by atoms with Gasteiger partial charge >= 0.3 is 0 Å². The summed E-state index contributed by atoms with van der Waals surface area (Å²) in [4.78, 5) is 10.5. The largest absolute Gasteiger partial charge is 0.481 e. The van der Waals surface area contributed by atoms with Crippen LogP contribution in [0.4, 0.5) is 5.69 Å². The highest BCUT2D eigenvalue weighted by molar-refractivity contribution is 5.45. The summed E-state index contributed by atoms with van der Waals surface area (Å²) in [7, 11) is 1.65. The number of aryl methyl sites for hydroxylation is 1. The average molecular weight is 402 g/mol. The molecule has 0 N–H and O–H groups in total. The minimum Gasteiger partial charge on any atom is -0.481 e. The lowest BCUT2D eigenvalue weighted by molar-refractivity contribution is -0.384. The number of non-ortho nitro benzene ring substituents is 1. The highest BCUT2D eigenvalue weighted by Crippen LogP contribution is 2.28. The minimum atomic E-state index is -0.392. The van der Waals surface area contributed by atoms with Crippen molar-refractivity contribution in [2.45, 2.75) is 84.5 Å². The first-order valence-corrected chi connectivity index (χ1v) is 11.0. The first-order valence-electron chi connectivity index (χ1n) is 11.0. The van der Waals surface area contributed by atoms with Crippen molar-refractivity contribution in [3.05, 3.63) is 45.6 Å². The Morgan fingerprint density at radius 2 is 1.55 bits per heavy atom. The van der Waals surface area contributed by atoms with Crippen molar-refractivity contribution >= 4 is 5.69 Å². The highest BCUT2D eigenvalue weighted by Gasteiger charge is 2.18. The van der Waals surface area contributed by atoms with Crippen LogP contribution in [0.3, 0.4) is 0 Å². The molecule has 0 radical (unpaired) electrons. The molecule has 0 saturated carbocycles. The molecule has 0 bridgehead atoms. The Balaban J connectivity index is 1.96. The van der Waals surface area contributed by atoms with Gasteiger partial charge in [-0.3, -0.25) is 10.1 Å². The quantitative estimate of drug-likeness (QED) is 0.208.